The largest absolute Gasteiger partial charge is 0.396 e. The average molecular weight is 370 g/mol. The number of amides is 1. The van der Waals surface area contributed by atoms with E-state index in [1.165, 1.54) is 0 Å². The van der Waals surface area contributed by atoms with Gasteiger partial charge in [-0.25, -0.2) is 10.5 Å². The quantitative estimate of drug-likeness (QED) is 0.340. The van der Waals surface area contributed by atoms with Crippen LogP contribution in [0.5, 0.6) is 0 Å². The van der Waals surface area contributed by atoms with Gasteiger partial charge in [-0.15, -0.1) is 0 Å². The molecule has 0 bridgehead atoms. The Morgan fingerprint density at radius 1 is 1.50 bits per heavy atom. The molecule has 2 aromatic heterocycles. The van der Waals surface area contributed by atoms with Crippen molar-refractivity contribution in [1.29, 1.82) is 0 Å². The Balaban J connectivity index is 2.37. The van der Waals surface area contributed by atoms with Crippen LogP contribution in [0.3, 0.4) is 0 Å². The molecule has 0 atom stereocenters. The fourth-order valence-electron chi connectivity index (χ4n) is 2.31. The number of halogens is 1. The molecule has 0 spiro atoms. The Morgan fingerprint density at radius 2 is 2.27 bits per heavy atom. The molecule has 0 saturated carbocycles. The normalized spacial score (nSPS) is 10.9. The monoisotopic (exact) mass is 369 g/mol. The SMILES string of the molecule is CCCCCc1c(NCC(=O)NO)nc2c(N)cc(Br)cn12. The summed E-state index contributed by atoms with van der Waals surface area (Å²) in [4.78, 5) is 15.7. The third-order valence-electron chi connectivity index (χ3n) is 3.37. The maximum absolute atomic E-state index is 11.2. The number of rotatable bonds is 7. The zero-order chi connectivity index (χ0) is 16.1. The number of anilines is 2. The zero-order valence-electron chi connectivity index (χ0n) is 12.4. The van der Waals surface area contributed by atoms with Crippen molar-refractivity contribution in [3.63, 3.8) is 0 Å². The van der Waals surface area contributed by atoms with Crippen molar-refractivity contribution in [2.75, 3.05) is 17.6 Å². The molecular weight excluding hydrogens is 350 g/mol. The summed E-state index contributed by atoms with van der Waals surface area (Å²) in [5.41, 5.74) is 9.80. The van der Waals surface area contributed by atoms with Crippen LogP contribution < -0.4 is 16.5 Å². The highest BCUT2D eigenvalue weighted by Crippen LogP contribution is 2.26. The minimum Gasteiger partial charge on any atom is -0.396 e. The Morgan fingerprint density at radius 3 is 2.95 bits per heavy atom. The number of fused-ring (bicyclic) bond motifs is 1. The Bertz CT molecular complexity index is 671. The number of hydrogen-bond donors (Lipinski definition) is 4. The van der Waals surface area contributed by atoms with Gasteiger partial charge >= 0.3 is 0 Å². The molecule has 7 nitrogen and oxygen atoms in total. The van der Waals surface area contributed by atoms with Gasteiger partial charge in [-0.1, -0.05) is 19.8 Å². The second kappa shape index (κ2) is 7.46. The zero-order valence-corrected chi connectivity index (χ0v) is 14.0. The van der Waals surface area contributed by atoms with Gasteiger partial charge in [-0.05, 0) is 34.8 Å². The Hall–Kier alpha value is -1.80. The molecular formula is C14H20BrN5O2. The van der Waals surface area contributed by atoms with Crippen LogP contribution in [0.15, 0.2) is 16.7 Å². The van der Waals surface area contributed by atoms with Crippen molar-refractivity contribution in [2.45, 2.75) is 32.6 Å². The molecule has 2 rings (SSSR count). The number of pyridine rings is 1. The van der Waals surface area contributed by atoms with E-state index in [0.29, 0.717) is 17.2 Å². The van der Waals surface area contributed by atoms with E-state index in [4.69, 9.17) is 10.9 Å². The van der Waals surface area contributed by atoms with Crippen molar-refractivity contribution in [2.24, 2.45) is 0 Å². The third-order valence-corrected chi connectivity index (χ3v) is 3.81. The molecule has 0 unspecified atom stereocenters. The van der Waals surface area contributed by atoms with Crippen LogP contribution in [0.2, 0.25) is 0 Å². The lowest BCUT2D eigenvalue weighted by Gasteiger charge is -2.07. The van der Waals surface area contributed by atoms with Crippen LogP contribution in [-0.2, 0) is 11.2 Å². The van der Waals surface area contributed by atoms with Crippen LogP contribution >= 0.6 is 15.9 Å². The standard InChI is InChI=1S/C14H20BrN5O2/c1-2-3-4-5-11-13(17-7-12(21)19-22)18-14-10(16)6-9(15)8-20(11)14/h6,8,17,22H,2-5,7,16H2,1H3,(H,19,21). The molecule has 8 heteroatoms. The van der Waals surface area contributed by atoms with Gasteiger partial charge in [-0.2, -0.15) is 0 Å². The van der Waals surface area contributed by atoms with Crippen molar-refractivity contribution in [3.8, 4) is 0 Å². The van der Waals surface area contributed by atoms with Crippen LogP contribution in [0, 0.1) is 0 Å². The van der Waals surface area contributed by atoms with Crippen molar-refractivity contribution in [1.82, 2.24) is 14.9 Å². The summed E-state index contributed by atoms with van der Waals surface area (Å²) >= 11 is 3.44. The van der Waals surface area contributed by atoms with Gasteiger partial charge in [0.15, 0.2) is 5.65 Å². The number of hydroxylamine groups is 1. The van der Waals surface area contributed by atoms with Crippen molar-refractivity contribution < 1.29 is 10.0 Å². The van der Waals surface area contributed by atoms with E-state index in [0.717, 1.165) is 35.8 Å². The Kier molecular flexibility index (Phi) is 5.62. The minimum absolute atomic E-state index is 0.0533. The first-order valence-electron chi connectivity index (χ1n) is 7.19. The molecule has 0 radical (unpaired) electrons. The first kappa shape index (κ1) is 16.6. The molecule has 22 heavy (non-hydrogen) atoms. The van der Waals surface area contributed by atoms with E-state index in [1.54, 1.807) is 11.5 Å². The van der Waals surface area contributed by atoms with Crippen molar-refractivity contribution in [3.05, 3.63) is 22.4 Å². The maximum atomic E-state index is 11.2. The van der Waals surface area contributed by atoms with Gasteiger partial charge in [0.2, 0.25) is 0 Å². The number of nitrogens with two attached hydrogens (primary N) is 1. The van der Waals surface area contributed by atoms with Crippen LogP contribution in [0.1, 0.15) is 31.9 Å². The number of unbranched alkanes of at least 4 members (excludes halogenated alkanes) is 2. The van der Waals surface area contributed by atoms with Crippen LogP contribution in [0.25, 0.3) is 5.65 Å². The second-order valence-electron chi connectivity index (χ2n) is 5.06. The predicted molar refractivity (Wildman–Crippen MR) is 89.0 cm³/mol. The first-order valence-corrected chi connectivity index (χ1v) is 7.98. The molecule has 2 heterocycles. The maximum Gasteiger partial charge on any atom is 0.262 e. The van der Waals surface area contributed by atoms with E-state index in [-0.39, 0.29) is 6.54 Å². The summed E-state index contributed by atoms with van der Waals surface area (Å²) in [6.45, 7) is 2.09. The average Bonchev–Trinajstić information content (AvgIpc) is 2.83. The number of nitrogens with zero attached hydrogens (tertiary/aromatic N) is 2. The van der Waals surface area contributed by atoms with Gasteiger partial charge in [0.1, 0.15) is 5.82 Å². The highest BCUT2D eigenvalue weighted by molar-refractivity contribution is 9.10. The molecule has 0 aliphatic heterocycles. The van der Waals surface area contributed by atoms with Crippen molar-refractivity contribution >= 4 is 39.0 Å². The number of nitrogen functional groups attached to an aromatic ring is 1. The highest BCUT2D eigenvalue weighted by Gasteiger charge is 2.15. The summed E-state index contributed by atoms with van der Waals surface area (Å²) < 4.78 is 2.81. The number of aryl methyl sites for hydroxylation is 1. The lowest BCUT2D eigenvalue weighted by molar-refractivity contribution is -0.127. The summed E-state index contributed by atoms with van der Waals surface area (Å²) in [5.74, 6) is 0.0928. The van der Waals surface area contributed by atoms with Gasteiger partial charge in [0.25, 0.3) is 5.91 Å². The smallest absolute Gasteiger partial charge is 0.262 e. The molecule has 0 aromatic carbocycles. The van der Waals surface area contributed by atoms with Crippen LogP contribution in [-0.4, -0.2) is 27.0 Å². The Labute approximate surface area is 137 Å². The summed E-state index contributed by atoms with van der Waals surface area (Å²) in [7, 11) is 0. The lowest BCUT2D eigenvalue weighted by Crippen LogP contribution is -2.27. The lowest BCUT2D eigenvalue weighted by atomic mass is 10.1. The van der Waals surface area contributed by atoms with Gasteiger partial charge < -0.3 is 11.1 Å². The number of hydrogen-bond acceptors (Lipinski definition) is 5. The molecule has 0 aliphatic rings. The second-order valence-corrected chi connectivity index (χ2v) is 5.98. The van der Waals surface area contributed by atoms with Crippen LogP contribution in [0.4, 0.5) is 11.5 Å². The van der Waals surface area contributed by atoms with E-state index < -0.39 is 5.91 Å². The van der Waals surface area contributed by atoms with Gasteiger partial charge in [0.05, 0.1) is 17.9 Å². The number of carbonyl (C=O) groups excluding carboxylic acids is 1. The first-order chi connectivity index (χ1) is 10.6. The fraction of sp³-hybridized carbons (Fsp3) is 0.429. The summed E-state index contributed by atoms with van der Waals surface area (Å²) in [6, 6.07) is 1.79. The van der Waals surface area contributed by atoms with E-state index in [1.807, 2.05) is 10.6 Å². The topological polar surface area (TPSA) is 105 Å². The molecule has 0 fully saturated rings. The fourth-order valence-corrected chi connectivity index (χ4v) is 2.76. The molecule has 5 N–H and O–H groups in total. The third kappa shape index (κ3) is 3.69. The minimum atomic E-state index is -0.522. The molecule has 2 aromatic rings. The number of nitrogens with one attached hydrogen (secondary N) is 2. The summed E-state index contributed by atoms with van der Waals surface area (Å²) in [6.07, 6.45) is 6.01. The van der Waals surface area contributed by atoms with E-state index in [2.05, 4.69) is 33.2 Å². The summed E-state index contributed by atoms with van der Waals surface area (Å²) in [5, 5.41) is 11.5. The number of imidazole rings is 1. The van der Waals surface area contributed by atoms with E-state index >= 15 is 0 Å². The predicted octanol–water partition coefficient (Wildman–Crippen LogP) is 2.33. The molecule has 0 saturated heterocycles. The van der Waals surface area contributed by atoms with Gasteiger partial charge in [0, 0.05) is 10.7 Å². The molecule has 0 aliphatic carbocycles. The molecule has 120 valence electrons. The van der Waals surface area contributed by atoms with E-state index in [9.17, 15) is 4.79 Å². The highest BCUT2D eigenvalue weighted by atomic mass is 79.9. The number of carbonyl (C=O) groups is 1. The number of aromatic nitrogens is 2. The van der Waals surface area contributed by atoms with Gasteiger partial charge in [-0.3, -0.25) is 14.4 Å². The molecule has 1 amide bonds.